The van der Waals surface area contributed by atoms with Gasteiger partial charge in [0.15, 0.2) is 0 Å². The fraction of sp³-hybridized carbons (Fsp3) is 0.0270. The normalized spacial score (nSPS) is 13.5. The molecule has 0 saturated heterocycles. The molecule has 0 bridgehead atoms. The van der Waals surface area contributed by atoms with Crippen LogP contribution in [0.25, 0.3) is 87.6 Å². The number of benzene rings is 13. The van der Waals surface area contributed by atoms with Gasteiger partial charge in [-0.25, -0.2) is 0 Å². The Hall–Kier alpha value is -11.7. The summed E-state index contributed by atoms with van der Waals surface area (Å²) in [7, 11) is -17.2. The molecule has 4 N–H and O–H groups in total. The second kappa shape index (κ2) is 23.5. The number of hydrogen-bond acceptors (Lipinski definition) is 16. The first-order chi connectivity index (χ1) is 47.6. The molecule has 100 heavy (non-hydrogen) atoms. The van der Waals surface area contributed by atoms with Crippen molar-refractivity contribution >= 4 is 107 Å². The Labute approximate surface area is 568 Å². The highest BCUT2D eigenvalue weighted by molar-refractivity contribution is 7.86. The molecule has 2 heterocycles. The zero-order valence-electron chi connectivity index (χ0n) is 51.6. The number of carbonyl (C=O) groups excluding carboxylic acids is 4. The Balaban J connectivity index is 1.16. The van der Waals surface area contributed by atoms with Crippen LogP contribution in [-0.4, -0.2) is 99.4 Å². The van der Waals surface area contributed by atoms with Gasteiger partial charge in [-0.05, 0) is 119 Å². The number of carbonyl (C=O) groups is 4. The smallest absolute Gasteiger partial charge is 0.294 e. The molecule has 26 heteroatoms. The molecule has 0 unspecified atom stereocenters. The zero-order valence-corrected chi connectivity index (χ0v) is 54.9. The van der Waals surface area contributed by atoms with Crippen LogP contribution < -0.4 is 18.9 Å². The van der Waals surface area contributed by atoms with Gasteiger partial charge in [0.1, 0.15) is 46.0 Å². The maximum absolute atomic E-state index is 15.3. The first-order valence-electron chi connectivity index (χ1n) is 30.0. The number of hydrogen-bond donors (Lipinski definition) is 4. The van der Waals surface area contributed by atoms with Crippen molar-refractivity contribution in [3.8, 4) is 90.5 Å². The summed E-state index contributed by atoms with van der Waals surface area (Å²) in [5.41, 5.74) is 1.75. The third-order valence-corrected chi connectivity index (χ3v) is 21.0. The molecular formula is C74H46N2O20S4. The summed E-state index contributed by atoms with van der Waals surface area (Å²) in [6.07, 6.45) is 0. The predicted octanol–water partition coefficient (Wildman–Crippen LogP) is 15.0. The first kappa shape index (κ1) is 64.3. The van der Waals surface area contributed by atoms with E-state index in [9.17, 15) is 51.9 Å². The van der Waals surface area contributed by atoms with Crippen LogP contribution in [0.4, 0.5) is 0 Å². The van der Waals surface area contributed by atoms with Crippen molar-refractivity contribution in [2.75, 3.05) is 14.1 Å². The molecule has 22 nitrogen and oxygen atoms in total. The molecule has 0 radical (unpaired) electrons. The van der Waals surface area contributed by atoms with Crippen LogP contribution in [0, 0.1) is 0 Å². The van der Waals surface area contributed by atoms with E-state index in [1.165, 1.54) is 62.6 Å². The zero-order chi connectivity index (χ0) is 70.2. The first-order valence-corrected chi connectivity index (χ1v) is 35.8. The Bertz CT molecular complexity index is 5870. The summed E-state index contributed by atoms with van der Waals surface area (Å²) in [5, 5.41) is -0.109. The summed E-state index contributed by atoms with van der Waals surface area (Å²) in [6, 6.07) is 53.2. The van der Waals surface area contributed by atoms with Crippen LogP contribution in [0.1, 0.15) is 41.4 Å². The monoisotopic (exact) mass is 1410 g/mol. The average molecular weight is 1410 g/mol. The van der Waals surface area contributed by atoms with Gasteiger partial charge in [0.25, 0.3) is 64.1 Å². The summed E-state index contributed by atoms with van der Waals surface area (Å²) < 4.78 is 172. The van der Waals surface area contributed by atoms with Gasteiger partial charge >= 0.3 is 0 Å². The second-order valence-electron chi connectivity index (χ2n) is 23.4. The van der Waals surface area contributed by atoms with Crippen molar-refractivity contribution in [1.29, 1.82) is 0 Å². The van der Waals surface area contributed by atoms with E-state index >= 15 is 19.2 Å². The van der Waals surface area contributed by atoms with Gasteiger partial charge < -0.3 is 18.9 Å². The summed E-state index contributed by atoms with van der Waals surface area (Å²) in [6.45, 7) is 0. The number of fused-ring (bicyclic) bond motifs is 2. The third-order valence-electron chi connectivity index (χ3n) is 17.6. The molecule has 0 fully saturated rings. The summed E-state index contributed by atoms with van der Waals surface area (Å²) in [5.74, 6) is -4.21. The molecule has 496 valence electrons. The van der Waals surface area contributed by atoms with Gasteiger partial charge in [-0.15, -0.1) is 0 Å². The lowest BCUT2D eigenvalue weighted by atomic mass is 9.80. The van der Waals surface area contributed by atoms with Gasteiger partial charge in [-0.3, -0.25) is 47.2 Å². The molecule has 2 aliphatic rings. The Morgan fingerprint density at radius 2 is 0.490 bits per heavy atom. The standard InChI is InChI=1S/C74H46N2O20S4/c1-75-71(77)51-35-59(93-55-19-11-9-17-47(55)39-13-5-3-6-14-39)65-66-60(94-56-20-12-10-18-48(56)40-15-7-4-8-16-40)36-52-64-54(74(80)76(2)72(52)78)38-62(96-58-32-30-46(100(90,91)92)34-50(58)42-23-27-44(28-24-42)98(84,85)86)68(70(64)66)67-61(37-53(73(75)79)63(51)69(65)67)95-57-31-29-45(99(87,88)89)33-49(57)41-21-25-43(26-22-41)97(81,82)83/h3-38H,1-2H3,(H,81,82,83)(H,84,85,86)(H,87,88,89)(H,90,91,92). The summed E-state index contributed by atoms with van der Waals surface area (Å²) in [4.78, 5) is 60.5. The maximum atomic E-state index is 15.3. The van der Waals surface area contributed by atoms with E-state index in [0.717, 1.165) is 70.5 Å². The van der Waals surface area contributed by atoms with Crippen LogP contribution in [0.15, 0.2) is 238 Å². The highest BCUT2D eigenvalue weighted by Gasteiger charge is 2.41. The minimum absolute atomic E-state index is 0.00414. The number of ether oxygens (including phenoxy) is 4. The molecule has 0 aliphatic carbocycles. The number of imide groups is 2. The van der Waals surface area contributed by atoms with Crippen LogP contribution in [0.2, 0.25) is 0 Å². The lowest BCUT2D eigenvalue weighted by Gasteiger charge is -2.31. The van der Waals surface area contributed by atoms with Gasteiger partial charge in [-0.2, -0.15) is 33.7 Å². The Kier molecular flexibility index (Phi) is 15.1. The van der Waals surface area contributed by atoms with Crippen molar-refractivity contribution in [1.82, 2.24) is 9.80 Å². The average Bonchev–Trinajstić information content (AvgIpc) is 0.672. The molecule has 0 atom stereocenters. The highest BCUT2D eigenvalue weighted by Crippen LogP contribution is 2.59. The highest BCUT2D eigenvalue weighted by atomic mass is 32.2. The van der Waals surface area contributed by atoms with Crippen LogP contribution in [-0.2, 0) is 40.5 Å². The van der Waals surface area contributed by atoms with Crippen molar-refractivity contribution in [2.24, 2.45) is 0 Å². The third kappa shape index (κ3) is 10.9. The molecule has 0 spiro atoms. The Morgan fingerprint density at radius 1 is 0.240 bits per heavy atom. The predicted molar refractivity (Wildman–Crippen MR) is 368 cm³/mol. The van der Waals surface area contributed by atoms with Crippen molar-refractivity contribution in [2.45, 2.75) is 19.6 Å². The molecular weight excluding hydrogens is 1370 g/mol. The largest absolute Gasteiger partial charge is 0.456 e. The van der Waals surface area contributed by atoms with Crippen LogP contribution >= 0.6 is 0 Å². The fourth-order valence-electron chi connectivity index (χ4n) is 12.9. The van der Waals surface area contributed by atoms with Crippen molar-refractivity contribution in [3.63, 3.8) is 0 Å². The minimum Gasteiger partial charge on any atom is -0.456 e. The van der Waals surface area contributed by atoms with Crippen LogP contribution in [0.5, 0.6) is 46.0 Å². The molecule has 13 aromatic rings. The van der Waals surface area contributed by atoms with E-state index in [1.54, 1.807) is 36.4 Å². The molecule has 0 aromatic heterocycles. The lowest BCUT2D eigenvalue weighted by molar-refractivity contribution is 0.0635. The van der Waals surface area contributed by atoms with E-state index in [-0.39, 0.29) is 134 Å². The molecule has 2 aliphatic heterocycles. The van der Waals surface area contributed by atoms with Crippen LogP contribution in [0.3, 0.4) is 0 Å². The SMILES string of the molecule is CN1C(=O)c2cc(Oc3ccccc3-c3ccccc3)c3c4c(Oc5ccccc5-c5ccccc5)cc5c6c(cc(Oc7ccc(S(=O)(=O)O)cc7-c7ccc(S(=O)(=O)O)cc7)c(c7c(Oc8ccc(S(=O)(=O)O)cc8-c8ccc(S(=O)(=O)O)cc8)cc(c2c37)C1=O)c64)C(=O)N(C)C5=O. The van der Waals surface area contributed by atoms with Crippen molar-refractivity contribution in [3.05, 3.63) is 241 Å². The number of rotatable bonds is 16. The minimum atomic E-state index is -5.03. The topological polar surface area (TPSA) is 329 Å². The molecule has 0 saturated carbocycles. The van der Waals surface area contributed by atoms with Gasteiger partial charge in [-0.1, -0.05) is 121 Å². The second-order valence-corrected chi connectivity index (χ2v) is 29.1. The van der Waals surface area contributed by atoms with E-state index in [2.05, 4.69) is 0 Å². The lowest BCUT2D eigenvalue weighted by Crippen LogP contribution is -2.37. The Morgan fingerprint density at radius 3 is 0.780 bits per heavy atom. The van der Waals surface area contributed by atoms with E-state index in [0.29, 0.717) is 22.3 Å². The van der Waals surface area contributed by atoms with E-state index in [1.807, 2.05) is 72.8 Å². The van der Waals surface area contributed by atoms with Gasteiger partial charge in [0, 0.05) is 79.4 Å². The number of amides is 4. The quantitative estimate of drug-likeness (QED) is 0.0302. The molecule has 13 aromatic carbocycles. The molecule has 15 rings (SSSR count). The van der Waals surface area contributed by atoms with Gasteiger partial charge in [0.2, 0.25) is 0 Å². The van der Waals surface area contributed by atoms with E-state index in [4.69, 9.17) is 18.9 Å². The van der Waals surface area contributed by atoms with Gasteiger partial charge in [0.05, 0.1) is 41.8 Å². The van der Waals surface area contributed by atoms with E-state index < -0.39 is 83.7 Å². The summed E-state index contributed by atoms with van der Waals surface area (Å²) >= 11 is 0. The maximum Gasteiger partial charge on any atom is 0.294 e. The number of para-hydroxylation sites is 2. The number of nitrogens with zero attached hydrogens (tertiary/aromatic N) is 2. The molecule has 4 amide bonds. The van der Waals surface area contributed by atoms with Crippen molar-refractivity contribution < 1.29 is 90.0 Å². The fourth-order valence-corrected chi connectivity index (χ4v) is 14.9.